The van der Waals surface area contributed by atoms with Crippen molar-refractivity contribution in [2.75, 3.05) is 0 Å². The number of aryl methyl sites for hydroxylation is 1. The molecule has 0 amide bonds. The summed E-state index contributed by atoms with van der Waals surface area (Å²) in [4.78, 5) is 4.66. The van der Waals surface area contributed by atoms with E-state index < -0.39 is 0 Å². The van der Waals surface area contributed by atoms with Crippen molar-refractivity contribution >= 4 is 21.9 Å². The number of rotatable bonds is 4. The summed E-state index contributed by atoms with van der Waals surface area (Å²) >= 11 is 0. The smallest absolute Gasteiger partial charge is 0.195 e. The summed E-state index contributed by atoms with van der Waals surface area (Å²) in [6.07, 6.45) is 4.55. The van der Waals surface area contributed by atoms with E-state index in [1.165, 1.54) is 5.57 Å². The van der Waals surface area contributed by atoms with Gasteiger partial charge in [0.1, 0.15) is 11.3 Å². The minimum Gasteiger partial charge on any atom is -0.507 e. The van der Waals surface area contributed by atoms with Gasteiger partial charge >= 0.3 is 0 Å². The first-order valence-corrected chi connectivity index (χ1v) is 7.77. The zero-order valence-electron chi connectivity index (χ0n) is 13.3. The molecule has 114 valence electrons. The van der Waals surface area contributed by atoms with Crippen molar-refractivity contribution in [3.63, 3.8) is 0 Å². The molecule has 0 saturated carbocycles. The monoisotopic (exact) mass is 295 g/mol. The summed E-state index contributed by atoms with van der Waals surface area (Å²) in [5, 5.41) is 12.5. The number of oxazole rings is 1. The van der Waals surface area contributed by atoms with Crippen LogP contribution in [0.2, 0.25) is 0 Å². The summed E-state index contributed by atoms with van der Waals surface area (Å²) < 4.78 is 5.96. The average Bonchev–Trinajstić information content (AvgIpc) is 2.91. The highest BCUT2D eigenvalue weighted by Gasteiger charge is 2.18. The average molecular weight is 295 g/mol. The number of fused-ring (bicyclic) bond motifs is 3. The zero-order chi connectivity index (χ0) is 15.7. The van der Waals surface area contributed by atoms with Crippen LogP contribution in [0.1, 0.15) is 38.6 Å². The van der Waals surface area contributed by atoms with Crippen molar-refractivity contribution in [2.45, 2.75) is 40.0 Å². The van der Waals surface area contributed by atoms with E-state index >= 15 is 0 Å². The Morgan fingerprint density at radius 2 is 1.95 bits per heavy atom. The van der Waals surface area contributed by atoms with Crippen LogP contribution >= 0.6 is 0 Å². The molecule has 0 aliphatic rings. The summed E-state index contributed by atoms with van der Waals surface area (Å²) in [5.41, 5.74) is 3.62. The molecule has 0 bridgehead atoms. The number of phenols is 1. The van der Waals surface area contributed by atoms with Crippen molar-refractivity contribution in [1.29, 1.82) is 0 Å². The van der Waals surface area contributed by atoms with Crippen LogP contribution in [0.25, 0.3) is 21.9 Å². The quantitative estimate of drug-likeness (QED) is 0.677. The molecule has 0 aliphatic carbocycles. The van der Waals surface area contributed by atoms with E-state index in [2.05, 4.69) is 31.8 Å². The molecular weight excluding hydrogens is 274 g/mol. The van der Waals surface area contributed by atoms with Gasteiger partial charge in [-0.2, -0.15) is 0 Å². The Bertz CT molecular complexity index is 855. The second-order valence-corrected chi connectivity index (χ2v) is 5.89. The normalized spacial score (nSPS) is 11.2. The predicted octanol–water partition coefficient (Wildman–Crippen LogP) is 5.15. The van der Waals surface area contributed by atoms with Gasteiger partial charge in [0.25, 0.3) is 0 Å². The molecule has 0 fully saturated rings. The van der Waals surface area contributed by atoms with Gasteiger partial charge in [0.2, 0.25) is 0 Å². The van der Waals surface area contributed by atoms with Gasteiger partial charge in [-0.05, 0) is 26.7 Å². The molecule has 2 aromatic carbocycles. The van der Waals surface area contributed by atoms with E-state index in [9.17, 15) is 5.11 Å². The molecule has 22 heavy (non-hydrogen) atoms. The summed E-state index contributed by atoms with van der Waals surface area (Å²) in [7, 11) is 0. The van der Waals surface area contributed by atoms with Crippen molar-refractivity contribution in [2.24, 2.45) is 0 Å². The van der Waals surface area contributed by atoms with E-state index in [1.807, 2.05) is 24.3 Å². The van der Waals surface area contributed by atoms with Crippen LogP contribution in [0.4, 0.5) is 0 Å². The Kier molecular flexibility index (Phi) is 3.88. The molecule has 1 N–H and O–H groups in total. The second-order valence-electron chi connectivity index (χ2n) is 5.89. The van der Waals surface area contributed by atoms with Gasteiger partial charge in [-0.1, -0.05) is 42.8 Å². The highest BCUT2D eigenvalue weighted by molar-refractivity contribution is 6.08. The molecule has 0 aliphatic heterocycles. The fourth-order valence-corrected chi connectivity index (χ4v) is 2.73. The maximum absolute atomic E-state index is 10.7. The first-order valence-electron chi connectivity index (χ1n) is 7.77. The number of hydrogen-bond acceptors (Lipinski definition) is 3. The number of benzene rings is 2. The molecule has 0 spiro atoms. The van der Waals surface area contributed by atoms with E-state index in [1.54, 1.807) is 0 Å². The number of aromatic hydroxyl groups is 1. The first kappa shape index (κ1) is 14.6. The van der Waals surface area contributed by atoms with Crippen LogP contribution in [0.5, 0.6) is 5.75 Å². The fraction of sp³-hybridized carbons (Fsp3) is 0.316. The van der Waals surface area contributed by atoms with Gasteiger partial charge in [-0.25, -0.2) is 4.98 Å². The minimum atomic E-state index is 0.305. The minimum absolute atomic E-state index is 0.305. The second kappa shape index (κ2) is 5.84. The van der Waals surface area contributed by atoms with Crippen LogP contribution < -0.4 is 0 Å². The van der Waals surface area contributed by atoms with E-state index in [-0.39, 0.29) is 0 Å². The Morgan fingerprint density at radius 1 is 1.23 bits per heavy atom. The number of nitrogens with zero attached hydrogens (tertiary/aromatic N) is 1. The summed E-state index contributed by atoms with van der Waals surface area (Å²) in [5.74, 6) is 1.05. The van der Waals surface area contributed by atoms with Crippen molar-refractivity contribution in [1.82, 2.24) is 4.98 Å². The van der Waals surface area contributed by atoms with Crippen LogP contribution in [-0.4, -0.2) is 10.1 Å². The lowest BCUT2D eigenvalue weighted by Crippen LogP contribution is -1.88. The molecule has 0 radical (unpaired) electrons. The maximum Gasteiger partial charge on any atom is 0.195 e. The summed E-state index contributed by atoms with van der Waals surface area (Å²) in [6.45, 7) is 6.21. The first-order chi connectivity index (χ1) is 10.6. The number of aromatic nitrogens is 1. The fourth-order valence-electron chi connectivity index (χ4n) is 2.73. The van der Waals surface area contributed by atoms with Crippen LogP contribution in [-0.2, 0) is 12.8 Å². The van der Waals surface area contributed by atoms with Gasteiger partial charge < -0.3 is 9.52 Å². The van der Waals surface area contributed by atoms with E-state index in [4.69, 9.17) is 4.42 Å². The van der Waals surface area contributed by atoms with Gasteiger partial charge in [0.15, 0.2) is 11.5 Å². The highest BCUT2D eigenvalue weighted by atomic mass is 16.3. The molecule has 0 saturated heterocycles. The Hall–Kier alpha value is -2.29. The Balaban J connectivity index is 2.33. The van der Waals surface area contributed by atoms with Crippen molar-refractivity contribution in [3.05, 3.63) is 47.4 Å². The van der Waals surface area contributed by atoms with Crippen molar-refractivity contribution < 1.29 is 9.52 Å². The lowest BCUT2D eigenvalue weighted by atomic mass is 10.0. The molecule has 0 unspecified atom stereocenters. The number of phenolic OH excluding ortho intramolecular Hbond substituents is 1. The number of allylic oxidation sites excluding steroid dienone is 2. The molecular formula is C19H21NO2. The largest absolute Gasteiger partial charge is 0.507 e. The van der Waals surface area contributed by atoms with Gasteiger partial charge in [0.05, 0.1) is 0 Å². The SMILES string of the molecule is CCCc1nc2c(o1)c(CC=C(C)C)c(O)c1ccccc12. The van der Waals surface area contributed by atoms with Crippen LogP contribution in [0.3, 0.4) is 0 Å². The molecule has 0 atom stereocenters. The lowest BCUT2D eigenvalue weighted by molar-refractivity contribution is 0.472. The molecule has 1 heterocycles. The van der Waals surface area contributed by atoms with Crippen molar-refractivity contribution in [3.8, 4) is 5.75 Å². The van der Waals surface area contributed by atoms with E-state index in [0.717, 1.165) is 46.2 Å². The number of hydrogen-bond donors (Lipinski definition) is 1. The zero-order valence-corrected chi connectivity index (χ0v) is 13.3. The lowest BCUT2D eigenvalue weighted by Gasteiger charge is -2.07. The summed E-state index contributed by atoms with van der Waals surface area (Å²) in [6, 6.07) is 7.82. The third-order valence-corrected chi connectivity index (χ3v) is 3.85. The van der Waals surface area contributed by atoms with Gasteiger partial charge in [0, 0.05) is 22.8 Å². The third kappa shape index (κ3) is 2.47. The molecule has 3 rings (SSSR count). The molecule has 3 nitrogen and oxygen atoms in total. The third-order valence-electron chi connectivity index (χ3n) is 3.85. The molecule has 3 heteroatoms. The van der Waals surface area contributed by atoms with Gasteiger partial charge in [-0.3, -0.25) is 0 Å². The predicted molar refractivity (Wildman–Crippen MR) is 90.3 cm³/mol. The Labute approximate surface area is 130 Å². The standard InChI is InChI=1S/C19H21NO2/c1-4-7-16-20-17-13-8-5-6-9-14(13)18(21)15(19(17)22-16)11-10-12(2)3/h5-6,8-10,21H,4,7,11H2,1-3H3. The van der Waals surface area contributed by atoms with Crippen LogP contribution in [0, 0.1) is 0 Å². The van der Waals surface area contributed by atoms with Gasteiger partial charge in [-0.15, -0.1) is 0 Å². The highest BCUT2D eigenvalue weighted by Crippen LogP contribution is 2.38. The Morgan fingerprint density at radius 3 is 2.64 bits per heavy atom. The van der Waals surface area contributed by atoms with E-state index in [0.29, 0.717) is 12.2 Å². The molecule has 3 aromatic rings. The molecule has 1 aromatic heterocycles. The van der Waals surface area contributed by atoms with Crippen LogP contribution in [0.15, 0.2) is 40.3 Å². The topological polar surface area (TPSA) is 46.3 Å². The maximum atomic E-state index is 10.7.